The number of nitrogens with zero attached hydrogens (tertiary/aromatic N) is 4. The molecule has 4 aromatic rings. The fraction of sp³-hybridized carbons (Fsp3) is 0.111. The molecule has 1 N–H and O–H groups in total. The molecule has 0 atom stereocenters. The molecule has 0 spiro atoms. The lowest BCUT2D eigenvalue weighted by Crippen LogP contribution is -2.01. The number of nitro groups is 1. The van der Waals surface area contributed by atoms with E-state index in [-0.39, 0.29) is 5.69 Å². The van der Waals surface area contributed by atoms with E-state index in [0.29, 0.717) is 6.54 Å². The van der Waals surface area contributed by atoms with E-state index in [1.165, 1.54) is 23.0 Å². The summed E-state index contributed by atoms with van der Waals surface area (Å²) < 4.78 is 2.68. The van der Waals surface area contributed by atoms with Crippen molar-refractivity contribution in [3.63, 3.8) is 0 Å². The number of rotatable bonds is 6. The van der Waals surface area contributed by atoms with E-state index in [1.807, 2.05) is 16.9 Å². The Morgan fingerprint density at radius 1 is 1.15 bits per heavy atom. The maximum atomic E-state index is 10.9. The van der Waals surface area contributed by atoms with E-state index < -0.39 is 4.92 Å². The van der Waals surface area contributed by atoms with Gasteiger partial charge in [0.05, 0.1) is 21.7 Å². The van der Waals surface area contributed by atoms with Gasteiger partial charge in [-0.2, -0.15) is 5.10 Å². The van der Waals surface area contributed by atoms with Crippen molar-refractivity contribution in [3.05, 3.63) is 82.2 Å². The Hall–Kier alpha value is -3.26. The number of anilines is 1. The summed E-state index contributed by atoms with van der Waals surface area (Å²) in [6.45, 7) is 1.39. The van der Waals surface area contributed by atoms with Gasteiger partial charge in [0.1, 0.15) is 0 Å². The molecule has 0 aliphatic rings. The molecule has 26 heavy (non-hydrogen) atoms. The lowest BCUT2D eigenvalue weighted by atomic mass is 10.1. The van der Waals surface area contributed by atoms with Gasteiger partial charge in [-0.05, 0) is 23.3 Å². The topological polar surface area (TPSA) is 85.9 Å². The Bertz CT molecular complexity index is 1040. The van der Waals surface area contributed by atoms with E-state index in [1.54, 1.807) is 18.3 Å². The van der Waals surface area contributed by atoms with Gasteiger partial charge < -0.3 is 5.32 Å². The number of nitro benzene ring substituents is 1. The first-order chi connectivity index (χ1) is 12.7. The number of hydrogen-bond donors (Lipinski definition) is 1. The minimum Gasteiger partial charge on any atom is -0.357 e. The van der Waals surface area contributed by atoms with Gasteiger partial charge in [0.2, 0.25) is 0 Å². The van der Waals surface area contributed by atoms with Gasteiger partial charge in [-0.1, -0.05) is 35.6 Å². The monoisotopic (exact) mass is 365 g/mol. The zero-order valence-corrected chi connectivity index (χ0v) is 14.5. The predicted molar refractivity (Wildman–Crippen MR) is 101 cm³/mol. The lowest BCUT2D eigenvalue weighted by molar-refractivity contribution is -0.384. The standard InChI is InChI=1S/C18H15N5O2S/c24-23(25)15-6-7-16-17(10-15)26-18(21-16)19-11-13-2-4-14(5-3-13)12-22-9-1-8-20-22/h1-10H,11-12H2,(H,19,21). The summed E-state index contributed by atoms with van der Waals surface area (Å²) in [5.41, 5.74) is 3.17. The van der Waals surface area contributed by atoms with Gasteiger partial charge in [0.25, 0.3) is 5.69 Å². The van der Waals surface area contributed by atoms with E-state index >= 15 is 0 Å². The normalized spacial score (nSPS) is 10.9. The summed E-state index contributed by atoms with van der Waals surface area (Å²) in [5, 5.41) is 19.1. The third kappa shape index (κ3) is 3.55. The van der Waals surface area contributed by atoms with Crippen LogP contribution in [0.25, 0.3) is 10.2 Å². The van der Waals surface area contributed by atoms with Gasteiger partial charge in [-0.3, -0.25) is 14.8 Å². The molecule has 0 amide bonds. The Morgan fingerprint density at radius 2 is 1.96 bits per heavy atom. The van der Waals surface area contributed by atoms with Crippen LogP contribution in [0.2, 0.25) is 0 Å². The molecule has 0 aliphatic carbocycles. The SMILES string of the molecule is O=[N+]([O-])c1ccc2nc(NCc3ccc(Cn4cccn4)cc3)sc2c1. The van der Waals surface area contributed by atoms with Crippen molar-refractivity contribution in [1.82, 2.24) is 14.8 Å². The molecule has 0 radical (unpaired) electrons. The van der Waals surface area contributed by atoms with Crippen molar-refractivity contribution in [3.8, 4) is 0 Å². The van der Waals surface area contributed by atoms with Crippen LogP contribution in [0, 0.1) is 10.1 Å². The van der Waals surface area contributed by atoms with E-state index in [2.05, 4.69) is 39.7 Å². The number of hydrogen-bond acceptors (Lipinski definition) is 6. The molecule has 0 bridgehead atoms. The second kappa shape index (κ2) is 6.93. The van der Waals surface area contributed by atoms with Crippen LogP contribution in [-0.2, 0) is 13.1 Å². The number of nitrogens with one attached hydrogen (secondary N) is 1. The second-order valence-electron chi connectivity index (χ2n) is 5.80. The van der Waals surface area contributed by atoms with Crippen LogP contribution in [0.3, 0.4) is 0 Å². The maximum Gasteiger partial charge on any atom is 0.270 e. The van der Waals surface area contributed by atoms with Crippen molar-refractivity contribution >= 4 is 32.4 Å². The lowest BCUT2D eigenvalue weighted by Gasteiger charge is -2.05. The summed E-state index contributed by atoms with van der Waals surface area (Å²) in [5.74, 6) is 0. The van der Waals surface area contributed by atoms with Gasteiger partial charge in [0.15, 0.2) is 5.13 Å². The van der Waals surface area contributed by atoms with Crippen LogP contribution in [0.15, 0.2) is 60.9 Å². The molecule has 0 saturated heterocycles. The first kappa shape index (κ1) is 16.2. The first-order valence-corrected chi connectivity index (χ1v) is 8.83. The summed E-state index contributed by atoms with van der Waals surface area (Å²) in [7, 11) is 0. The van der Waals surface area contributed by atoms with Crippen molar-refractivity contribution in [2.45, 2.75) is 13.1 Å². The van der Waals surface area contributed by atoms with Crippen LogP contribution in [0.5, 0.6) is 0 Å². The maximum absolute atomic E-state index is 10.9. The average molecular weight is 365 g/mol. The van der Waals surface area contributed by atoms with Gasteiger partial charge in [-0.25, -0.2) is 4.98 Å². The molecule has 0 aliphatic heterocycles. The van der Waals surface area contributed by atoms with E-state index in [4.69, 9.17) is 0 Å². The molecular weight excluding hydrogens is 350 g/mol. The molecule has 130 valence electrons. The third-order valence-corrected chi connectivity index (χ3v) is 4.93. The van der Waals surface area contributed by atoms with Crippen LogP contribution in [0.1, 0.15) is 11.1 Å². The minimum absolute atomic E-state index is 0.0838. The molecule has 2 heterocycles. The van der Waals surface area contributed by atoms with Crippen molar-refractivity contribution in [2.24, 2.45) is 0 Å². The largest absolute Gasteiger partial charge is 0.357 e. The van der Waals surface area contributed by atoms with Crippen LogP contribution < -0.4 is 5.32 Å². The Morgan fingerprint density at radius 3 is 2.69 bits per heavy atom. The quantitative estimate of drug-likeness (QED) is 0.411. The summed E-state index contributed by atoms with van der Waals surface area (Å²) >= 11 is 1.42. The Labute approximate surface area is 153 Å². The highest BCUT2D eigenvalue weighted by Gasteiger charge is 2.10. The fourth-order valence-electron chi connectivity index (χ4n) is 2.62. The number of benzene rings is 2. The molecular formula is C18H15N5O2S. The average Bonchev–Trinajstić information content (AvgIpc) is 3.29. The highest BCUT2D eigenvalue weighted by atomic mass is 32.1. The molecule has 8 heteroatoms. The van der Waals surface area contributed by atoms with Crippen molar-refractivity contribution in [2.75, 3.05) is 5.32 Å². The smallest absolute Gasteiger partial charge is 0.270 e. The molecule has 0 fully saturated rings. The fourth-order valence-corrected chi connectivity index (χ4v) is 3.52. The second-order valence-corrected chi connectivity index (χ2v) is 6.83. The number of fused-ring (bicyclic) bond motifs is 1. The molecule has 2 aromatic carbocycles. The van der Waals surface area contributed by atoms with Crippen molar-refractivity contribution < 1.29 is 4.92 Å². The zero-order valence-electron chi connectivity index (χ0n) is 13.7. The van der Waals surface area contributed by atoms with Crippen LogP contribution >= 0.6 is 11.3 Å². The molecule has 4 rings (SSSR count). The van der Waals surface area contributed by atoms with Gasteiger partial charge in [-0.15, -0.1) is 0 Å². The number of non-ortho nitro benzene ring substituents is 1. The highest BCUT2D eigenvalue weighted by Crippen LogP contribution is 2.29. The minimum atomic E-state index is -0.392. The van der Waals surface area contributed by atoms with Gasteiger partial charge in [0, 0.05) is 31.1 Å². The zero-order chi connectivity index (χ0) is 17.9. The highest BCUT2D eigenvalue weighted by molar-refractivity contribution is 7.22. The summed E-state index contributed by atoms with van der Waals surface area (Å²) in [4.78, 5) is 14.9. The summed E-state index contributed by atoms with van der Waals surface area (Å²) in [6.07, 6.45) is 3.71. The van der Waals surface area contributed by atoms with Crippen LogP contribution in [-0.4, -0.2) is 19.7 Å². The van der Waals surface area contributed by atoms with Crippen molar-refractivity contribution in [1.29, 1.82) is 0 Å². The molecule has 0 saturated carbocycles. The molecule has 7 nitrogen and oxygen atoms in total. The molecule has 2 aromatic heterocycles. The first-order valence-electron chi connectivity index (χ1n) is 8.01. The van der Waals surface area contributed by atoms with E-state index in [9.17, 15) is 10.1 Å². The number of thiazole rings is 1. The van der Waals surface area contributed by atoms with Gasteiger partial charge >= 0.3 is 0 Å². The third-order valence-electron chi connectivity index (χ3n) is 3.95. The predicted octanol–water partition coefficient (Wildman–Crippen LogP) is 4.06. The molecule has 0 unspecified atom stereocenters. The summed E-state index contributed by atoms with van der Waals surface area (Å²) in [6, 6.07) is 14.9. The Balaban J connectivity index is 1.42. The Kier molecular flexibility index (Phi) is 4.32. The van der Waals surface area contributed by atoms with E-state index in [0.717, 1.165) is 27.5 Å². The number of aromatic nitrogens is 3. The van der Waals surface area contributed by atoms with Crippen LogP contribution in [0.4, 0.5) is 10.8 Å².